The van der Waals surface area contributed by atoms with Crippen molar-refractivity contribution in [3.05, 3.63) is 180 Å². The van der Waals surface area contributed by atoms with Crippen LogP contribution in [0.3, 0.4) is 0 Å². The number of fused-ring (bicyclic) bond motifs is 12. The summed E-state index contributed by atoms with van der Waals surface area (Å²) in [7, 11) is 0. The van der Waals surface area contributed by atoms with E-state index in [4.69, 9.17) is 0 Å². The van der Waals surface area contributed by atoms with Crippen molar-refractivity contribution < 1.29 is 0 Å². The molecule has 0 atom stereocenters. The third kappa shape index (κ3) is 6.81. The first-order valence-corrected chi connectivity index (χ1v) is 27.4. The number of benzene rings is 8. The summed E-state index contributed by atoms with van der Waals surface area (Å²) in [6.07, 6.45) is 0. The standard InChI is InChI=1S/C66H62BN3S2/c1-63(2,3)39-24-28-43(29-25-39)68(44-30-26-40(27-31-44)64(4,5)6)45-32-33-50-53(38-45)69(52-21-17-20-47-46-18-13-15-22-56(46)71-61(47)52)54-36-42(66(10,11)12)37-55-58(54)67(50)51-35-41(65(7,8)9)34-49-59(51)70(55)60-48-19-14-16-23-57(48)72-62(49)60/h13-38H,1-12H3. The van der Waals surface area contributed by atoms with E-state index in [0.717, 1.165) is 17.1 Å². The summed E-state index contributed by atoms with van der Waals surface area (Å²) in [6.45, 7) is 28.1. The van der Waals surface area contributed by atoms with Gasteiger partial charge in [-0.05, 0) is 133 Å². The second-order valence-electron chi connectivity index (χ2n) is 24.7. The van der Waals surface area contributed by atoms with E-state index >= 15 is 0 Å². The van der Waals surface area contributed by atoms with Gasteiger partial charge >= 0.3 is 0 Å². The second kappa shape index (κ2) is 15.5. The zero-order valence-electron chi connectivity index (χ0n) is 43.7. The van der Waals surface area contributed by atoms with Gasteiger partial charge in [0.1, 0.15) is 0 Å². The van der Waals surface area contributed by atoms with Crippen LogP contribution >= 0.6 is 22.7 Å². The fraction of sp³-hybridized carbons (Fsp3) is 0.242. The van der Waals surface area contributed by atoms with E-state index in [-0.39, 0.29) is 28.4 Å². The summed E-state index contributed by atoms with van der Waals surface area (Å²) in [5, 5.41) is 5.29. The summed E-state index contributed by atoms with van der Waals surface area (Å²) < 4.78 is 8.01. The maximum Gasteiger partial charge on any atom is 0.252 e. The highest BCUT2D eigenvalue weighted by Gasteiger charge is 2.44. The second-order valence-corrected chi connectivity index (χ2v) is 26.8. The van der Waals surface area contributed by atoms with Crippen LogP contribution in [0.1, 0.15) is 105 Å². The molecule has 0 saturated heterocycles. The molecule has 3 aromatic heterocycles. The van der Waals surface area contributed by atoms with Crippen LogP contribution in [-0.4, -0.2) is 11.3 Å². The maximum absolute atomic E-state index is 2.69. The Hall–Kier alpha value is -6.60. The van der Waals surface area contributed by atoms with Crippen LogP contribution in [0.5, 0.6) is 0 Å². The molecule has 356 valence electrons. The van der Waals surface area contributed by atoms with E-state index < -0.39 is 0 Å². The summed E-state index contributed by atoms with van der Waals surface area (Å²) in [5.74, 6) is 0. The molecule has 0 bridgehead atoms. The molecule has 6 heteroatoms. The van der Waals surface area contributed by atoms with Crippen LogP contribution < -0.4 is 26.2 Å². The largest absolute Gasteiger partial charge is 0.310 e. The van der Waals surface area contributed by atoms with Crippen molar-refractivity contribution in [2.24, 2.45) is 0 Å². The van der Waals surface area contributed by atoms with Gasteiger partial charge in [-0.25, -0.2) is 0 Å². The van der Waals surface area contributed by atoms with Gasteiger partial charge in [-0.15, -0.1) is 22.7 Å². The third-order valence-corrected chi connectivity index (χ3v) is 18.2. The van der Waals surface area contributed by atoms with Crippen molar-refractivity contribution in [1.29, 1.82) is 0 Å². The molecule has 8 aromatic carbocycles. The minimum absolute atomic E-state index is 0.0101. The number of aromatic nitrogens is 1. The molecular formula is C66H62BN3S2. The Labute approximate surface area is 433 Å². The van der Waals surface area contributed by atoms with E-state index in [1.807, 2.05) is 22.7 Å². The lowest BCUT2D eigenvalue weighted by Gasteiger charge is -2.42. The van der Waals surface area contributed by atoms with Crippen LogP contribution in [0.15, 0.2) is 158 Å². The lowest BCUT2D eigenvalue weighted by atomic mass is 9.33. The molecule has 2 aliphatic heterocycles. The SMILES string of the molecule is CC(C)(C)c1ccc(N(c2ccc(C(C)(C)C)cc2)c2ccc3c(c2)N(c2cccc4c2sc2ccccc24)c2cc(C(C)(C)C)cc4c2B3c2cc(C(C)(C)C)cc3c5sc6ccccc6c5n-4c23)cc1. The molecule has 0 amide bonds. The van der Waals surface area contributed by atoms with E-state index in [1.54, 1.807) is 0 Å². The Morgan fingerprint density at radius 2 is 0.903 bits per heavy atom. The first-order chi connectivity index (χ1) is 34.2. The van der Waals surface area contributed by atoms with Crippen molar-refractivity contribution in [1.82, 2.24) is 4.57 Å². The average Bonchev–Trinajstić information content (AvgIpc) is 4.02. The third-order valence-electron chi connectivity index (χ3n) is 15.8. The van der Waals surface area contributed by atoms with Gasteiger partial charge < -0.3 is 14.4 Å². The Morgan fingerprint density at radius 1 is 0.375 bits per heavy atom. The topological polar surface area (TPSA) is 11.4 Å². The van der Waals surface area contributed by atoms with Gasteiger partial charge in [0, 0.05) is 65.1 Å². The van der Waals surface area contributed by atoms with Gasteiger partial charge in [-0.2, -0.15) is 0 Å². The molecule has 0 saturated carbocycles. The summed E-state index contributed by atoms with van der Waals surface area (Å²) in [6, 6.07) is 61.2. The first kappa shape index (κ1) is 45.3. The van der Waals surface area contributed by atoms with Crippen LogP contribution in [0.4, 0.5) is 34.1 Å². The first-order valence-electron chi connectivity index (χ1n) is 25.8. The summed E-state index contributed by atoms with van der Waals surface area (Å²) in [4.78, 5) is 5.15. The lowest BCUT2D eigenvalue weighted by molar-refractivity contribution is 0.590. The lowest BCUT2D eigenvalue weighted by Crippen LogP contribution is -2.60. The normalized spacial score (nSPS) is 13.8. The minimum atomic E-state index is -0.133. The van der Waals surface area contributed by atoms with E-state index in [2.05, 4.69) is 255 Å². The highest BCUT2D eigenvalue weighted by molar-refractivity contribution is 7.27. The monoisotopic (exact) mass is 971 g/mol. The minimum Gasteiger partial charge on any atom is -0.310 e. The van der Waals surface area contributed by atoms with Gasteiger partial charge in [0.05, 0.1) is 26.1 Å². The molecular weight excluding hydrogens is 910 g/mol. The highest BCUT2D eigenvalue weighted by Crippen LogP contribution is 2.51. The zero-order valence-corrected chi connectivity index (χ0v) is 45.4. The van der Waals surface area contributed by atoms with Crippen LogP contribution in [-0.2, 0) is 21.7 Å². The molecule has 0 N–H and O–H groups in total. The van der Waals surface area contributed by atoms with E-state index in [9.17, 15) is 0 Å². The van der Waals surface area contributed by atoms with Crippen LogP contribution in [0.25, 0.3) is 57.1 Å². The van der Waals surface area contributed by atoms with Crippen molar-refractivity contribution >= 4 is 131 Å². The zero-order chi connectivity index (χ0) is 50.0. The molecule has 0 radical (unpaired) electrons. The quantitative estimate of drug-likeness (QED) is 0.163. The summed E-state index contributed by atoms with van der Waals surface area (Å²) >= 11 is 3.87. The Balaban J connectivity index is 1.17. The fourth-order valence-corrected chi connectivity index (χ4v) is 14.2. The molecule has 11 aromatic rings. The van der Waals surface area contributed by atoms with Crippen molar-refractivity contribution in [2.45, 2.75) is 105 Å². The van der Waals surface area contributed by atoms with Gasteiger partial charge in [0.15, 0.2) is 0 Å². The van der Waals surface area contributed by atoms with Crippen LogP contribution in [0, 0.1) is 0 Å². The molecule has 5 heterocycles. The molecule has 2 aliphatic rings. The fourth-order valence-electron chi connectivity index (χ4n) is 11.8. The predicted molar refractivity (Wildman–Crippen MR) is 318 cm³/mol. The number of hydrogen-bond donors (Lipinski definition) is 0. The van der Waals surface area contributed by atoms with Crippen LogP contribution in [0.2, 0.25) is 0 Å². The summed E-state index contributed by atoms with van der Waals surface area (Å²) in [5.41, 5.74) is 20.4. The van der Waals surface area contributed by atoms with Gasteiger partial charge in [-0.1, -0.05) is 168 Å². The smallest absolute Gasteiger partial charge is 0.252 e. The molecule has 13 rings (SSSR count). The Morgan fingerprint density at radius 3 is 1.53 bits per heavy atom. The number of anilines is 6. The van der Waals surface area contributed by atoms with Crippen molar-refractivity contribution in [3.8, 4) is 5.69 Å². The number of rotatable bonds is 4. The van der Waals surface area contributed by atoms with Gasteiger partial charge in [0.25, 0.3) is 6.71 Å². The molecule has 0 spiro atoms. The Kier molecular flexibility index (Phi) is 9.72. The van der Waals surface area contributed by atoms with E-state index in [1.165, 1.54) is 113 Å². The number of hydrogen-bond acceptors (Lipinski definition) is 4. The predicted octanol–water partition coefficient (Wildman–Crippen LogP) is 17.6. The molecule has 0 aliphatic carbocycles. The van der Waals surface area contributed by atoms with Gasteiger partial charge in [-0.3, -0.25) is 0 Å². The highest BCUT2D eigenvalue weighted by atomic mass is 32.1. The van der Waals surface area contributed by atoms with Crippen molar-refractivity contribution in [3.63, 3.8) is 0 Å². The number of thiophene rings is 2. The number of nitrogens with zero attached hydrogens (tertiary/aromatic N) is 3. The molecule has 0 fully saturated rings. The van der Waals surface area contributed by atoms with Crippen molar-refractivity contribution in [2.75, 3.05) is 9.80 Å². The molecule has 3 nitrogen and oxygen atoms in total. The Bertz CT molecular complexity index is 3970. The molecule has 0 unspecified atom stereocenters. The van der Waals surface area contributed by atoms with Gasteiger partial charge in [0.2, 0.25) is 0 Å². The maximum atomic E-state index is 2.69. The van der Waals surface area contributed by atoms with E-state index in [0.29, 0.717) is 0 Å². The average molecular weight is 972 g/mol. The molecule has 72 heavy (non-hydrogen) atoms.